The molecule has 1 amide bonds. The molecule has 0 unspecified atom stereocenters. The normalized spacial score (nSPS) is 10.2. The zero-order valence-electron chi connectivity index (χ0n) is 9.30. The summed E-state index contributed by atoms with van der Waals surface area (Å²) in [7, 11) is 0. The summed E-state index contributed by atoms with van der Waals surface area (Å²) >= 11 is 1.33. The molecule has 0 aliphatic carbocycles. The van der Waals surface area contributed by atoms with Crippen molar-refractivity contribution in [2.24, 2.45) is 0 Å². The third-order valence-electron chi connectivity index (χ3n) is 2.18. The van der Waals surface area contributed by atoms with Crippen molar-refractivity contribution in [1.29, 1.82) is 0 Å². The Morgan fingerprint density at radius 1 is 1.59 bits per heavy atom. The van der Waals surface area contributed by atoms with Gasteiger partial charge in [-0.2, -0.15) is 0 Å². The largest absolute Gasteiger partial charge is 0.375 e. The second-order valence-corrected chi connectivity index (χ2v) is 4.46. The van der Waals surface area contributed by atoms with Crippen LogP contribution in [-0.4, -0.2) is 15.9 Å². The fourth-order valence-electron chi connectivity index (χ4n) is 1.36. The van der Waals surface area contributed by atoms with E-state index in [4.69, 9.17) is 5.73 Å². The Kier molecular flexibility index (Phi) is 3.34. The molecule has 0 aliphatic rings. The Bertz CT molecular complexity index is 538. The summed E-state index contributed by atoms with van der Waals surface area (Å²) in [6.07, 6.45) is 1.85. The molecule has 88 valence electrons. The molecule has 0 fully saturated rings. The Hall–Kier alpha value is -1.95. The first-order valence-electron chi connectivity index (χ1n) is 5.06. The lowest BCUT2D eigenvalue weighted by Gasteiger charge is -2.05. The number of anilines is 2. The summed E-state index contributed by atoms with van der Waals surface area (Å²) in [5.41, 5.74) is 7.10. The van der Waals surface area contributed by atoms with Crippen LogP contribution in [-0.2, 0) is 11.2 Å². The maximum Gasteiger partial charge on any atom is 0.231 e. The van der Waals surface area contributed by atoms with Crippen LogP contribution >= 0.6 is 11.3 Å². The van der Waals surface area contributed by atoms with Crippen LogP contribution in [0.15, 0.2) is 23.7 Å². The first-order chi connectivity index (χ1) is 8.15. The number of aromatic nitrogens is 2. The van der Waals surface area contributed by atoms with Crippen LogP contribution in [0.25, 0.3) is 0 Å². The van der Waals surface area contributed by atoms with Gasteiger partial charge in [-0.15, -0.1) is 11.3 Å². The van der Waals surface area contributed by atoms with E-state index in [0.29, 0.717) is 16.6 Å². The fourth-order valence-corrected chi connectivity index (χ4v) is 1.92. The van der Waals surface area contributed by atoms with Crippen molar-refractivity contribution in [3.05, 3.63) is 35.0 Å². The Morgan fingerprint density at radius 2 is 2.41 bits per heavy atom. The number of hydrogen-bond acceptors (Lipinski definition) is 5. The number of amides is 1. The van der Waals surface area contributed by atoms with E-state index in [2.05, 4.69) is 15.3 Å². The maximum absolute atomic E-state index is 11.7. The van der Waals surface area contributed by atoms with E-state index in [-0.39, 0.29) is 12.3 Å². The number of pyridine rings is 1. The molecular weight excluding hydrogens is 236 g/mol. The summed E-state index contributed by atoms with van der Waals surface area (Å²) in [4.78, 5) is 19.8. The molecule has 17 heavy (non-hydrogen) atoms. The van der Waals surface area contributed by atoms with Crippen LogP contribution in [0, 0.1) is 6.92 Å². The minimum absolute atomic E-state index is 0.142. The van der Waals surface area contributed by atoms with Crippen molar-refractivity contribution in [3.63, 3.8) is 0 Å². The predicted molar refractivity (Wildman–Crippen MR) is 67.8 cm³/mol. The number of carbonyl (C=O) groups excluding carboxylic acids is 1. The highest BCUT2D eigenvalue weighted by atomic mass is 32.1. The molecule has 3 N–H and O–H groups in total. The fraction of sp³-hybridized carbons (Fsp3) is 0.182. The summed E-state index contributed by atoms with van der Waals surface area (Å²) in [6.45, 7) is 1.89. The van der Waals surface area contributed by atoms with Gasteiger partial charge in [0.05, 0.1) is 12.1 Å². The molecule has 6 heteroatoms. The molecule has 5 nitrogen and oxygen atoms in total. The minimum atomic E-state index is -0.142. The third-order valence-corrected chi connectivity index (χ3v) is 2.90. The molecule has 0 aromatic carbocycles. The van der Waals surface area contributed by atoms with Gasteiger partial charge in [-0.1, -0.05) is 6.07 Å². The zero-order chi connectivity index (χ0) is 12.3. The van der Waals surface area contributed by atoms with Crippen molar-refractivity contribution in [2.75, 3.05) is 11.1 Å². The predicted octanol–water partition coefficient (Wildman–Crippen LogP) is 1.61. The van der Waals surface area contributed by atoms with E-state index in [1.54, 1.807) is 11.6 Å². The lowest BCUT2D eigenvalue weighted by atomic mass is 10.2. The van der Waals surface area contributed by atoms with Crippen LogP contribution in [0.5, 0.6) is 0 Å². The van der Waals surface area contributed by atoms with Gasteiger partial charge in [-0.25, -0.2) is 9.97 Å². The van der Waals surface area contributed by atoms with E-state index < -0.39 is 0 Å². The van der Waals surface area contributed by atoms with Gasteiger partial charge in [-0.3, -0.25) is 4.79 Å². The van der Waals surface area contributed by atoms with Gasteiger partial charge in [0.1, 0.15) is 5.82 Å². The highest BCUT2D eigenvalue weighted by Gasteiger charge is 2.08. The highest BCUT2D eigenvalue weighted by molar-refractivity contribution is 7.13. The van der Waals surface area contributed by atoms with E-state index in [0.717, 1.165) is 5.56 Å². The molecule has 0 aliphatic heterocycles. The van der Waals surface area contributed by atoms with Crippen molar-refractivity contribution in [3.8, 4) is 0 Å². The van der Waals surface area contributed by atoms with Gasteiger partial charge in [0, 0.05) is 11.6 Å². The number of nitrogen functional groups attached to an aromatic ring is 1. The molecular formula is C11H12N4OS. The van der Waals surface area contributed by atoms with Gasteiger partial charge in [0.2, 0.25) is 5.91 Å². The van der Waals surface area contributed by atoms with Crippen LogP contribution in [0.2, 0.25) is 0 Å². The summed E-state index contributed by atoms with van der Waals surface area (Å²) in [6, 6.07) is 3.72. The van der Waals surface area contributed by atoms with Crippen LogP contribution in [0.4, 0.5) is 10.9 Å². The highest BCUT2D eigenvalue weighted by Crippen LogP contribution is 2.13. The number of nitrogens with zero attached hydrogens (tertiary/aromatic N) is 2. The monoisotopic (exact) mass is 248 g/mol. The zero-order valence-corrected chi connectivity index (χ0v) is 10.1. The van der Waals surface area contributed by atoms with E-state index >= 15 is 0 Å². The Balaban J connectivity index is 2.01. The average molecular weight is 248 g/mol. The molecule has 0 spiro atoms. The summed E-state index contributed by atoms with van der Waals surface area (Å²) in [5.74, 6) is 0.442. The average Bonchev–Trinajstić information content (AvgIpc) is 2.67. The van der Waals surface area contributed by atoms with Crippen molar-refractivity contribution < 1.29 is 4.79 Å². The van der Waals surface area contributed by atoms with Crippen molar-refractivity contribution >= 4 is 28.2 Å². The SMILES string of the molecule is Cc1cccnc1NC(=O)Cc1csc(N)n1. The second kappa shape index (κ2) is 4.92. The molecule has 2 heterocycles. The van der Waals surface area contributed by atoms with Crippen molar-refractivity contribution in [1.82, 2.24) is 9.97 Å². The molecule has 0 saturated heterocycles. The van der Waals surface area contributed by atoms with Crippen LogP contribution in [0.3, 0.4) is 0 Å². The molecule has 0 saturated carbocycles. The first-order valence-corrected chi connectivity index (χ1v) is 5.94. The number of carbonyl (C=O) groups is 1. The number of aryl methyl sites for hydroxylation is 1. The minimum Gasteiger partial charge on any atom is -0.375 e. The maximum atomic E-state index is 11.7. The van der Waals surface area contributed by atoms with E-state index in [1.807, 2.05) is 19.1 Å². The van der Waals surface area contributed by atoms with Gasteiger partial charge in [0.15, 0.2) is 5.13 Å². The van der Waals surface area contributed by atoms with Gasteiger partial charge < -0.3 is 11.1 Å². The topological polar surface area (TPSA) is 80.9 Å². The number of nitrogens with one attached hydrogen (secondary N) is 1. The van der Waals surface area contributed by atoms with E-state index in [1.165, 1.54) is 11.3 Å². The van der Waals surface area contributed by atoms with Crippen molar-refractivity contribution in [2.45, 2.75) is 13.3 Å². The standard InChI is InChI=1S/C11H12N4OS/c1-7-3-2-4-13-10(7)15-9(16)5-8-6-17-11(12)14-8/h2-4,6H,5H2,1H3,(H2,12,14)(H,13,15,16). The molecule has 0 radical (unpaired) electrons. The lowest BCUT2D eigenvalue weighted by Crippen LogP contribution is -2.16. The smallest absolute Gasteiger partial charge is 0.231 e. The Morgan fingerprint density at radius 3 is 3.06 bits per heavy atom. The van der Waals surface area contributed by atoms with Crippen LogP contribution in [0.1, 0.15) is 11.3 Å². The summed E-state index contributed by atoms with van der Waals surface area (Å²) < 4.78 is 0. The van der Waals surface area contributed by atoms with Gasteiger partial charge in [-0.05, 0) is 18.6 Å². The van der Waals surface area contributed by atoms with Gasteiger partial charge >= 0.3 is 0 Å². The third kappa shape index (κ3) is 3.01. The summed E-state index contributed by atoms with van der Waals surface area (Å²) in [5, 5.41) is 4.99. The number of rotatable bonds is 3. The number of hydrogen-bond donors (Lipinski definition) is 2. The quantitative estimate of drug-likeness (QED) is 0.864. The molecule has 2 aromatic heterocycles. The lowest BCUT2D eigenvalue weighted by molar-refractivity contribution is -0.115. The molecule has 2 rings (SSSR count). The number of thiazole rings is 1. The first kappa shape index (κ1) is 11.5. The second-order valence-electron chi connectivity index (χ2n) is 3.57. The molecule has 0 bridgehead atoms. The number of nitrogens with two attached hydrogens (primary N) is 1. The van der Waals surface area contributed by atoms with Gasteiger partial charge in [0.25, 0.3) is 0 Å². The molecule has 2 aromatic rings. The van der Waals surface area contributed by atoms with Crippen LogP contribution < -0.4 is 11.1 Å². The molecule has 0 atom stereocenters. The Labute approximate surface area is 103 Å². The van der Waals surface area contributed by atoms with E-state index in [9.17, 15) is 4.79 Å².